The maximum atomic E-state index is 13.8. The molecular formula is C14H17F3N4. The number of rotatable bonds is 5. The lowest BCUT2D eigenvalue weighted by Gasteiger charge is -2.11. The molecule has 0 bridgehead atoms. The number of benzene rings is 1. The van der Waals surface area contributed by atoms with Crippen LogP contribution in [-0.2, 0) is 0 Å². The number of nitrogens with zero attached hydrogens (tertiary/aromatic N) is 3. The largest absolute Gasteiger partial charge is 0.309 e. The van der Waals surface area contributed by atoms with E-state index in [1.165, 1.54) is 4.68 Å². The van der Waals surface area contributed by atoms with Gasteiger partial charge in [0.2, 0.25) is 0 Å². The monoisotopic (exact) mass is 298 g/mol. The van der Waals surface area contributed by atoms with Crippen LogP contribution in [0.5, 0.6) is 0 Å². The highest BCUT2D eigenvalue weighted by Gasteiger charge is 2.19. The van der Waals surface area contributed by atoms with Gasteiger partial charge in [0.1, 0.15) is 11.4 Å². The minimum absolute atomic E-state index is 0.0629. The van der Waals surface area contributed by atoms with Gasteiger partial charge in [-0.1, -0.05) is 12.1 Å². The summed E-state index contributed by atoms with van der Waals surface area (Å²) in [6, 6.07) is 1.22. The Morgan fingerprint density at radius 1 is 1.19 bits per heavy atom. The van der Waals surface area contributed by atoms with Gasteiger partial charge in [-0.2, -0.15) is 0 Å². The van der Waals surface area contributed by atoms with E-state index in [1.807, 2.05) is 13.8 Å². The predicted molar refractivity (Wildman–Crippen MR) is 72.7 cm³/mol. The van der Waals surface area contributed by atoms with Gasteiger partial charge in [-0.25, -0.2) is 17.9 Å². The van der Waals surface area contributed by atoms with Crippen LogP contribution in [0.2, 0.25) is 0 Å². The maximum Gasteiger partial charge on any atom is 0.161 e. The van der Waals surface area contributed by atoms with Crippen molar-refractivity contribution >= 4 is 0 Å². The fourth-order valence-electron chi connectivity index (χ4n) is 2.10. The summed E-state index contributed by atoms with van der Waals surface area (Å²) < 4.78 is 41.2. The molecule has 0 fully saturated rings. The van der Waals surface area contributed by atoms with E-state index in [4.69, 9.17) is 0 Å². The molecule has 0 aliphatic rings. The summed E-state index contributed by atoms with van der Waals surface area (Å²) in [4.78, 5) is 0. The number of nitrogens with one attached hydrogen (secondary N) is 1. The molecule has 0 amide bonds. The van der Waals surface area contributed by atoms with Crippen molar-refractivity contribution in [1.82, 2.24) is 20.3 Å². The van der Waals surface area contributed by atoms with Crippen LogP contribution in [0.1, 0.15) is 37.7 Å². The second-order valence-electron chi connectivity index (χ2n) is 4.87. The van der Waals surface area contributed by atoms with Crippen LogP contribution in [0.4, 0.5) is 13.2 Å². The van der Waals surface area contributed by atoms with Gasteiger partial charge < -0.3 is 5.32 Å². The third-order valence-corrected chi connectivity index (χ3v) is 3.26. The minimum atomic E-state index is -1.23. The van der Waals surface area contributed by atoms with Gasteiger partial charge in [-0.15, -0.1) is 5.10 Å². The SMILES string of the molecule is CCCNC(C)c1nnn(-c2cc(F)c(F)cc2F)c1C. The quantitative estimate of drug-likeness (QED) is 0.863. The van der Waals surface area contributed by atoms with Crippen molar-refractivity contribution in [2.75, 3.05) is 6.54 Å². The van der Waals surface area contributed by atoms with Crippen LogP contribution in [-0.4, -0.2) is 21.5 Å². The summed E-state index contributed by atoms with van der Waals surface area (Å²) in [5, 5.41) is 11.1. The average Bonchev–Trinajstić information content (AvgIpc) is 2.82. The van der Waals surface area contributed by atoms with E-state index in [1.54, 1.807) is 6.92 Å². The topological polar surface area (TPSA) is 42.7 Å². The van der Waals surface area contributed by atoms with Gasteiger partial charge >= 0.3 is 0 Å². The predicted octanol–water partition coefficient (Wildman–Crippen LogP) is 3.05. The molecule has 1 aromatic heterocycles. The molecule has 2 aromatic rings. The van der Waals surface area contributed by atoms with Crippen LogP contribution in [0.15, 0.2) is 12.1 Å². The van der Waals surface area contributed by atoms with Gasteiger partial charge in [0.05, 0.1) is 11.7 Å². The average molecular weight is 298 g/mol. The zero-order chi connectivity index (χ0) is 15.6. The Balaban J connectivity index is 2.38. The molecule has 0 aliphatic carbocycles. The zero-order valence-corrected chi connectivity index (χ0v) is 12.1. The highest BCUT2D eigenvalue weighted by Crippen LogP contribution is 2.21. The Morgan fingerprint density at radius 3 is 2.52 bits per heavy atom. The van der Waals surface area contributed by atoms with Crippen molar-refractivity contribution in [3.63, 3.8) is 0 Å². The van der Waals surface area contributed by atoms with Crippen molar-refractivity contribution < 1.29 is 13.2 Å². The molecule has 4 nitrogen and oxygen atoms in total. The summed E-state index contributed by atoms with van der Waals surface area (Å²) in [5.41, 5.74) is 1.07. The fraction of sp³-hybridized carbons (Fsp3) is 0.429. The second kappa shape index (κ2) is 6.26. The highest BCUT2D eigenvalue weighted by molar-refractivity contribution is 5.36. The lowest BCUT2D eigenvalue weighted by Crippen LogP contribution is -2.20. The molecule has 0 radical (unpaired) electrons. The van der Waals surface area contributed by atoms with Crippen molar-refractivity contribution in [2.45, 2.75) is 33.2 Å². The number of hydrogen-bond acceptors (Lipinski definition) is 3. The molecule has 1 N–H and O–H groups in total. The molecule has 7 heteroatoms. The molecule has 0 aliphatic heterocycles. The van der Waals surface area contributed by atoms with Crippen LogP contribution >= 0.6 is 0 Å². The summed E-state index contributed by atoms with van der Waals surface area (Å²) in [6.45, 7) is 6.48. The Kier molecular flexibility index (Phi) is 4.62. The molecule has 1 aromatic carbocycles. The van der Waals surface area contributed by atoms with Crippen molar-refractivity contribution in [2.24, 2.45) is 0 Å². The number of halogens is 3. The third-order valence-electron chi connectivity index (χ3n) is 3.26. The molecule has 0 saturated carbocycles. The molecule has 2 rings (SSSR count). The van der Waals surface area contributed by atoms with Gasteiger partial charge in [-0.3, -0.25) is 0 Å². The molecule has 1 heterocycles. The first-order valence-electron chi connectivity index (χ1n) is 6.76. The van der Waals surface area contributed by atoms with Crippen LogP contribution in [0.25, 0.3) is 5.69 Å². The number of aromatic nitrogens is 3. The summed E-state index contributed by atoms with van der Waals surface area (Å²) in [5.74, 6) is -3.24. The Morgan fingerprint density at radius 2 is 1.86 bits per heavy atom. The van der Waals surface area contributed by atoms with E-state index in [0.29, 0.717) is 17.5 Å². The zero-order valence-electron chi connectivity index (χ0n) is 12.1. The Labute approximate surface area is 121 Å². The van der Waals surface area contributed by atoms with E-state index in [-0.39, 0.29) is 11.7 Å². The van der Waals surface area contributed by atoms with E-state index < -0.39 is 17.5 Å². The van der Waals surface area contributed by atoms with E-state index in [9.17, 15) is 13.2 Å². The third kappa shape index (κ3) is 3.07. The standard InChI is InChI=1S/C14H17F3N4/c1-4-5-18-8(2)14-9(3)21(20-19-14)13-7-11(16)10(15)6-12(13)17/h6-8,18H,4-5H2,1-3H3. The molecule has 1 atom stereocenters. The first kappa shape index (κ1) is 15.5. The van der Waals surface area contributed by atoms with Gasteiger partial charge in [0.15, 0.2) is 17.5 Å². The van der Waals surface area contributed by atoms with E-state index in [0.717, 1.165) is 19.0 Å². The highest BCUT2D eigenvalue weighted by atomic mass is 19.2. The van der Waals surface area contributed by atoms with E-state index in [2.05, 4.69) is 15.6 Å². The van der Waals surface area contributed by atoms with Gasteiger partial charge in [0, 0.05) is 12.1 Å². The van der Waals surface area contributed by atoms with E-state index >= 15 is 0 Å². The van der Waals surface area contributed by atoms with Gasteiger partial charge in [0.25, 0.3) is 0 Å². The minimum Gasteiger partial charge on any atom is -0.309 e. The lowest BCUT2D eigenvalue weighted by atomic mass is 10.2. The molecule has 1 unspecified atom stereocenters. The summed E-state index contributed by atoms with van der Waals surface area (Å²) >= 11 is 0. The molecular weight excluding hydrogens is 281 g/mol. The Bertz CT molecular complexity index is 639. The van der Waals surface area contributed by atoms with Crippen molar-refractivity contribution in [1.29, 1.82) is 0 Å². The van der Waals surface area contributed by atoms with Crippen LogP contribution in [0, 0.1) is 24.4 Å². The van der Waals surface area contributed by atoms with Crippen molar-refractivity contribution in [3.05, 3.63) is 41.0 Å². The van der Waals surface area contributed by atoms with Crippen molar-refractivity contribution in [3.8, 4) is 5.69 Å². The van der Waals surface area contributed by atoms with Gasteiger partial charge in [-0.05, 0) is 26.8 Å². The Hall–Kier alpha value is -1.89. The smallest absolute Gasteiger partial charge is 0.161 e. The molecule has 114 valence electrons. The molecule has 0 saturated heterocycles. The van der Waals surface area contributed by atoms with Crippen LogP contribution < -0.4 is 5.32 Å². The summed E-state index contributed by atoms with van der Waals surface area (Å²) in [6.07, 6.45) is 0.968. The second-order valence-corrected chi connectivity index (χ2v) is 4.87. The first-order valence-corrected chi connectivity index (χ1v) is 6.76. The normalized spacial score (nSPS) is 12.7. The summed E-state index contributed by atoms with van der Waals surface area (Å²) in [7, 11) is 0. The maximum absolute atomic E-state index is 13.8. The van der Waals surface area contributed by atoms with Crippen LogP contribution in [0.3, 0.4) is 0 Å². The number of hydrogen-bond donors (Lipinski definition) is 1. The molecule has 0 spiro atoms. The lowest BCUT2D eigenvalue weighted by molar-refractivity contribution is 0.490. The first-order chi connectivity index (χ1) is 9.95. The fourth-order valence-corrected chi connectivity index (χ4v) is 2.10. The molecule has 21 heavy (non-hydrogen) atoms.